The van der Waals surface area contributed by atoms with E-state index in [1.165, 1.54) is 0 Å². The number of nitrogens with zero attached hydrogens (tertiary/aromatic N) is 3. The van der Waals surface area contributed by atoms with Crippen molar-refractivity contribution in [1.29, 1.82) is 0 Å². The number of rotatable bonds is 6. The number of hydrogen-bond acceptors (Lipinski definition) is 4. The normalized spacial score (nSPS) is 9.57. The zero-order valence-corrected chi connectivity index (χ0v) is 15.9. The van der Waals surface area contributed by atoms with E-state index < -0.39 is 0 Å². The van der Waals surface area contributed by atoms with E-state index in [1.807, 2.05) is 38.1 Å². The molecule has 0 aliphatic heterocycles. The van der Waals surface area contributed by atoms with Crippen molar-refractivity contribution in [3.8, 4) is 0 Å². The molecule has 2 heterocycles. The zero-order chi connectivity index (χ0) is 14.4. The number of hydrogen-bond donors (Lipinski definition) is 1. The Morgan fingerprint density at radius 3 is 1.65 bits per heavy atom. The van der Waals surface area contributed by atoms with E-state index in [0.717, 1.165) is 42.4 Å². The summed E-state index contributed by atoms with van der Waals surface area (Å²) >= 11 is 0. The van der Waals surface area contributed by atoms with Crippen molar-refractivity contribution in [2.45, 2.75) is 26.9 Å². The van der Waals surface area contributed by atoms with Crippen molar-refractivity contribution in [1.82, 2.24) is 14.9 Å². The third-order valence-electron chi connectivity index (χ3n) is 3.11. The Labute approximate surface area is 161 Å². The first-order valence-electron chi connectivity index (χ1n) is 6.95. The molecule has 0 spiro atoms. The van der Waals surface area contributed by atoms with Crippen LogP contribution >= 0.6 is 0 Å². The van der Waals surface area contributed by atoms with Crippen LogP contribution in [-0.2, 0) is 29.9 Å². The van der Waals surface area contributed by atoms with Crippen molar-refractivity contribution in [2.24, 2.45) is 5.73 Å². The van der Waals surface area contributed by atoms with Gasteiger partial charge in [0, 0.05) is 37.6 Å². The van der Waals surface area contributed by atoms with Crippen LogP contribution in [-0.4, -0.2) is 28.0 Å². The molecule has 0 amide bonds. The first-order valence-corrected chi connectivity index (χ1v) is 6.95. The molecule has 4 nitrogen and oxygen atoms in total. The molecule has 129 valence electrons. The molecular weight excluding hydrogens is 378 g/mol. The van der Waals surface area contributed by atoms with Gasteiger partial charge in [-0.1, -0.05) is 12.1 Å². The average Bonchev–Trinajstić information content (AvgIpc) is 2.39. The van der Waals surface area contributed by atoms with E-state index >= 15 is 0 Å². The number of halogens is 2. The van der Waals surface area contributed by atoms with Gasteiger partial charge >= 0.3 is 16.8 Å². The molecule has 0 saturated carbocycles. The first-order chi connectivity index (χ1) is 9.67. The minimum Gasteiger partial charge on any atom is -1.00 e. The van der Waals surface area contributed by atoms with Gasteiger partial charge in [0.1, 0.15) is 0 Å². The standard InChI is InChI=1S/C16H22N4.2ClH.Co/c1-13-5-3-7-15(18-13)11-20(10-9-17)12-16-8-4-6-14(2)19-16;;;/h3-8H,9-12,17H2,1-2H3;2*1H;/q;;;+2/p-2. The molecular formula is C16H22Cl2CoN4. The quantitative estimate of drug-likeness (QED) is 0.538. The van der Waals surface area contributed by atoms with E-state index in [4.69, 9.17) is 5.73 Å². The number of pyridine rings is 2. The van der Waals surface area contributed by atoms with Crippen LogP contribution in [0.25, 0.3) is 0 Å². The van der Waals surface area contributed by atoms with Gasteiger partial charge in [-0.3, -0.25) is 14.9 Å². The molecule has 0 saturated heterocycles. The fourth-order valence-corrected chi connectivity index (χ4v) is 2.23. The minimum absolute atomic E-state index is 0. The first kappa shape index (κ1) is 24.6. The minimum atomic E-state index is 0. The molecule has 0 unspecified atom stereocenters. The topological polar surface area (TPSA) is 55.0 Å². The summed E-state index contributed by atoms with van der Waals surface area (Å²) in [4.78, 5) is 11.4. The van der Waals surface area contributed by atoms with Crippen LogP contribution < -0.4 is 30.5 Å². The third kappa shape index (κ3) is 8.65. The van der Waals surface area contributed by atoms with Crippen LogP contribution in [0.5, 0.6) is 0 Å². The van der Waals surface area contributed by atoms with Gasteiger partial charge in [-0.25, -0.2) is 0 Å². The van der Waals surface area contributed by atoms with Gasteiger partial charge in [-0.05, 0) is 38.1 Å². The predicted octanol–water partition coefficient (Wildman–Crippen LogP) is -3.94. The summed E-state index contributed by atoms with van der Waals surface area (Å²) in [5.74, 6) is 0. The summed E-state index contributed by atoms with van der Waals surface area (Å²) in [5, 5.41) is 0. The molecule has 7 heteroatoms. The fourth-order valence-electron chi connectivity index (χ4n) is 2.23. The van der Waals surface area contributed by atoms with E-state index in [-0.39, 0.29) is 41.6 Å². The molecule has 23 heavy (non-hydrogen) atoms. The fraction of sp³-hybridized carbons (Fsp3) is 0.375. The van der Waals surface area contributed by atoms with Crippen molar-refractivity contribution in [3.05, 3.63) is 59.2 Å². The van der Waals surface area contributed by atoms with E-state index in [9.17, 15) is 0 Å². The summed E-state index contributed by atoms with van der Waals surface area (Å²) in [5.41, 5.74) is 9.95. The van der Waals surface area contributed by atoms with Crippen LogP contribution in [0.2, 0.25) is 0 Å². The summed E-state index contributed by atoms with van der Waals surface area (Å²) in [6.07, 6.45) is 0. The molecule has 0 aromatic carbocycles. The molecule has 0 bridgehead atoms. The van der Waals surface area contributed by atoms with Gasteiger partial charge in [0.2, 0.25) is 0 Å². The van der Waals surface area contributed by atoms with Crippen LogP contribution in [0, 0.1) is 13.8 Å². The van der Waals surface area contributed by atoms with Gasteiger partial charge < -0.3 is 30.5 Å². The molecule has 0 aliphatic carbocycles. The molecule has 1 radical (unpaired) electrons. The smallest absolute Gasteiger partial charge is 1.00 e. The van der Waals surface area contributed by atoms with Crippen molar-refractivity contribution in [2.75, 3.05) is 13.1 Å². The largest absolute Gasteiger partial charge is 2.00 e. The van der Waals surface area contributed by atoms with Crippen LogP contribution in [0.1, 0.15) is 22.8 Å². The second kappa shape index (κ2) is 12.7. The van der Waals surface area contributed by atoms with Crippen LogP contribution in [0.15, 0.2) is 36.4 Å². The van der Waals surface area contributed by atoms with Gasteiger partial charge in [0.15, 0.2) is 0 Å². The predicted molar refractivity (Wildman–Crippen MR) is 81.1 cm³/mol. The maximum Gasteiger partial charge on any atom is 2.00 e. The second-order valence-corrected chi connectivity index (χ2v) is 5.04. The Hall–Kier alpha value is -0.694. The SMILES string of the molecule is Cc1cccc(CN(CCN)Cc2cccc(C)n2)n1.[Cl-].[Cl-].[Co+2]. The number of aryl methyl sites for hydroxylation is 2. The van der Waals surface area contributed by atoms with Crippen LogP contribution in [0.4, 0.5) is 0 Å². The molecule has 0 fully saturated rings. The van der Waals surface area contributed by atoms with Gasteiger partial charge in [0.05, 0.1) is 11.4 Å². The second-order valence-electron chi connectivity index (χ2n) is 5.04. The van der Waals surface area contributed by atoms with Crippen molar-refractivity contribution < 1.29 is 41.6 Å². The Morgan fingerprint density at radius 1 is 0.870 bits per heavy atom. The third-order valence-corrected chi connectivity index (χ3v) is 3.11. The van der Waals surface area contributed by atoms with E-state index in [0.29, 0.717) is 6.54 Å². The van der Waals surface area contributed by atoms with Crippen LogP contribution in [0.3, 0.4) is 0 Å². The maximum atomic E-state index is 5.71. The van der Waals surface area contributed by atoms with Gasteiger partial charge in [-0.2, -0.15) is 0 Å². The van der Waals surface area contributed by atoms with Gasteiger partial charge in [-0.15, -0.1) is 0 Å². The molecule has 2 N–H and O–H groups in total. The summed E-state index contributed by atoms with van der Waals surface area (Å²) in [7, 11) is 0. The average molecular weight is 400 g/mol. The maximum absolute atomic E-state index is 5.71. The van der Waals surface area contributed by atoms with E-state index in [1.54, 1.807) is 0 Å². The number of nitrogens with two attached hydrogens (primary N) is 1. The van der Waals surface area contributed by atoms with Gasteiger partial charge in [0.25, 0.3) is 0 Å². The Kier molecular flexibility index (Phi) is 13.6. The molecule has 2 rings (SSSR count). The summed E-state index contributed by atoms with van der Waals surface area (Å²) in [6, 6.07) is 12.2. The van der Waals surface area contributed by atoms with E-state index in [2.05, 4.69) is 27.0 Å². The van der Waals surface area contributed by atoms with Crippen molar-refractivity contribution in [3.63, 3.8) is 0 Å². The number of aromatic nitrogens is 2. The Bertz CT molecular complexity index is 522. The molecule has 2 aromatic heterocycles. The summed E-state index contributed by atoms with van der Waals surface area (Å²) < 4.78 is 0. The van der Waals surface area contributed by atoms with Crippen molar-refractivity contribution >= 4 is 0 Å². The molecule has 0 aliphatic rings. The molecule has 0 atom stereocenters. The summed E-state index contributed by atoms with van der Waals surface area (Å²) in [6.45, 7) is 7.10. The monoisotopic (exact) mass is 399 g/mol. The Balaban J connectivity index is 0. The Morgan fingerprint density at radius 2 is 1.30 bits per heavy atom. The molecule has 2 aromatic rings. The zero-order valence-electron chi connectivity index (χ0n) is 13.3.